The maximum absolute atomic E-state index is 11.9. The highest BCUT2D eigenvalue weighted by Crippen LogP contribution is 2.16. The van der Waals surface area contributed by atoms with Crippen molar-refractivity contribution in [3.05, 3.63) is 45.9 Å². The van der Waals surface area contributed by atoms with Crippen molar-refractivity contribution in [3.63, 3.8) is 0 Å². The van der Waals surface area contributed by atoms with Crippen molar-refractivity contribution in [1.82, 2.24) is 15.6 Å². The quantitative estimate of drug-likeness (QED) is 0.845. The first-order chi connectivity index (χ1) is 11.7. The van der Waals surface area contributed by atoms with E-state index in [1.165, 1.54) is 0 Å². The zero-order chi connectivity index (χ0) is 16.8. The van der Waals surface area contributed by atoms with Gasteiger partial charge in [-0.3, -0.25) is 4.79 Å². The molecule has 1 atom stereocenters. The van der Waals surface area contributed by atoms with Gasteiger partial charge < -0.3 is 15.4 Å². The number of aryl methyl sites for hydroxylation is 1. The van der Waals surface area contributed by atoms with Gasteiger partial charge in [-0.25, -0.2) is 4.98 Å². The lowest BCUT2D eigenvalue weighted by Crippen LogP contribution is -2.42. The van der Waals surface area contributed by atoms with Gasteiger partial charge >= 0.3 is 0 Å². The standard InChI is InChI=1S/C18H23N3O2S/c1-13-21-15(12-24-13)11-23-16-7-5-14(6-8-16)10-20-17-4-2-3-9-19-18(17)22/h5-8,12,17,20H,2-4,9-11H2,1H3,(H,19,22)/t17-/m0/s1. The van der Waals surface area contributed by atoms with Crippen LogP contribution in [-0.4, -0.2) is 23.5 Å². The van der Waals surface area contributed by atoms with Crippen LogP contribution in [0.25, 0.3) is 0 Å². The molecule has 2 aromatic rings. The van der Waals surface area contributed by atoms with Crippen molar-refractivity contribution in [2.75, 3.05) is 6.54 Å². The first-order valence-electron chi connectivity index (χ1n) is 8.34. The summed E-state index contributed by atoms with van der Waals surface area (Å²) < 4.78 is 5.75. The number of benzene rings is 1. The van der Waals surface area contributed by atoms with Crippen molar-refractivity contribution >= 4 is 17.2 Å². The fourth-order valence-electron chi connectivity index (χ4n) is 2.71. The number of amides is 1. The topological polar surface area (TPSA) is 63.2 Å². The third-order valence-electron chi connectivity index (χ3n) is 4.06. The molecule has 1 amide bonds. The summed E-state index contributed by atoms with van der Waals surface area (Å²) in [4.78, 5) is 16.3. The SMILES string of the molecule is Cc1nc(COc2ccc(CN[C@H]3CCCCNC3=O)cc2)cs1. The molecule has 0 spiro atoms. The normalized spacial score (nSPS) is 18.0. The fraction of sp³-hybridized carbons (Fsp3) is 0.444. The van der Waals surface area contributed by atoms with Gasteiger partial charge in [0, 0.05) is 18.5 Å². The van der Waals surface area contributed by atoms with Gasteiger partial charge in [-0.1, -0.05) is 12.1 Å². The average Bonchev–Trinajstić information content (AvgIpc) is 2.90. The van der Waals surface area contributed by atoms with Crippen molar-refractivity contribution in [2.24, 2.45) is 0 Å². The van der Waals surface area contributed by atoms with Gasteiger partial charge in [0.15, 0.2) is 0 Å². The van der Waals surface area contributed by atoms with E-state index in [9.17, 15) is 4.79 Å². The van der Waals surface area contributed by atoms with Gasteiger partial charge in [-0.15, -0.1) is 11.3 Å². The van der Waals surface area contributed by atoms with E-state index < -0.39 is 0 Å². The molecule has 2 heterocycles. The number of hydrogen-bond acceptors (Lipinski definition) is 5. The Balaban J connectivity index is 1.48. The molecule has 0 aliphatic carbocycles. The molecule has 24 heavy (non-hydrogen) atoms. The predicted octanol–water partition coefficient (Wildman–Crippen LogP) is 2.79. The van der Waals surface area contributed by atoms with E-state index in [-0.39, 0.29) is 11.9 Å². The Morgan fingerprint density at radius 3 is 2.92 bits per heavy atom. The molecular formula is C18H23N3O2S. The molecular weight excluding hydrogens is 322 g/mol. The summed E-state index contributed by atoms with van der Waals surface area (Å²) in [5.74, 6) is 0.947. The van der Waals surface area contributed by atoms with Gasteiger partial charge in [0.2, 0.25) is 5.91 Å². The van der Waals surface area contributed by atoms with Gasteiger partial charge in [0.1, 0.15) is 12.4 Å². The minimum absolute atomic E-state index is 0.0867. The highest BCUT2D eigenvalue weighted by atomic mass is 32.1. The lowest BCUT2D eigenvalue weighted by atomic mass is 10.1. The van der Waals surface area contributed by atoms with Gasteiger partial charge in [0.25, 0.3) is 0 Å². The zero-order valence-electron chi connectivity index (χ0n) is 13.9. The molecule has 1 aliphatic rings. The number of aromatic nitrogens is 1. The van der Waals surface area contributed by atoms with E-state index in [1.807, 2.05) is 36.6 Å². The average molecular weight is 345 g/mol. The summed E-state index contributed by atoms with van der Waals surface area (Å²) in [6, 6.07) is 7.90. The van der Waals surface area contributed by atoms with E-state index in [0.29, 0.717) is 13.2 Å². The van der Waals surface area contributed by atoms with E-state index >= 15 is 0 Å². The molecule has 0 unspecified atom stereocenters. The minimum atomic E-state index is -0.0867. The second-order valence-electron chi connectivity index (χ2n) is 6.01. The number of rotatable bonds is 6. The van der Waals surface area contributed by atoms with Crippen molar-refractivity contribution in [3.8, 4) is 5.75 Å². The van der Waals surface area contributed by atoms with Gasteiger partial charge in [0.05, 0.1) is 16.7 Å². The Labute approximate surface area is 146 Å². The maximum atomic E-state index is 11.9. The van der Waals surface area contributed by atoms with Crippen LogP contribution in [0.2, 0.25) is 0 Å². The van der Waals surface area contributed by atoms with Crippen LogP contribution in [0.5, 0.6) is 5.75 Å². The Bertz CT molecular complexity index is 669. The molecule has 0 saturated carbocycles. The molecule has 1 aromatic heterocycles. The summed E-state index contributed by atoms with van der Waals surface area (Å²) >= 11 is 1.63. The van der Waals surface area contributed by atoms with E-state index in [2.05, 4.69) is 15.6 Å². The Kier molecular flexibility index (Phi) is 5.82. The number of nitrogens with zero attached hydrogens (tertiary/aromatic N) is 1. The molecule has 5 nitrogen and oxygen atoms in total. The monoisotopic (exact) mass is 345 g/mol. The molecule has 1 saturated heterocycles. The second kappa shape index (κ2) is 8.26. The zero-order valence-corrected chi connectivity index (χ0v) is 14.7. The molecule has 1 aliphatic heterocycles. The van der Waals surface area contributed by atoms with Crippen molar-refractivity contribution in [2.45, 2.75) is 45.4 Å². The van der Waals surface area contributed by atoms with Crippen molar-refractivity contribution < 1.29 is 9.53 Å². The molecule has 0 bridgehead atoms. The Morgan fingerprint density at radius 2 is 2.17 bits per heavy atom. The number of carbonyl (C=O) groups excluding carboxylic acids is 1. The van der Waals surface area contributed by atoms with Crippen LogP contribution in [0, 0.1) is 6.92 Å². The van der Waals surface area contributed by atoms with Crippen LogP contribution in [-0.2, 0) is 17.9 Å². The molecule has 128 valence electrons. The largest absolute Gasteiger partial charge is 0.487 e. The lowest BCUT2D eigenvalue weighted by molar-refractivity contribution is -0.122. The Morgan fingerprint density at radius 1 is 1.33 bits per heavy atom. The van der Waals surface area contributed by atoms with Crippen molar-refractivity contribution in [1.29, 1.82) is 0 Å². The summed E-state index contributed by atoms with van der Waals surface area (Å²) in [7, 11) is 0. The minimum Gasteiger partial charge on any atom is -0.487 e. The number of nitrogens with one attached hydrogen (secondary N) is 2. The highest BCUT2D eigenvalue weighted by molar-refractivity contribution is 7.09. The van der Waals surface area contributed by atoms with E-state index in [0.717, 1.165) is 47.8 Å². The highest BCUT2D eigenvalue weighted by Gasteiger charge is 2.19. The molecule has 2 N–H and O–H groups in total. The maximum Gasteiger partial charge on any atom is 0.237 e. The van der Waals surface area contributed by atoms with Crippen LogP contribution < -0.4 is 15.4 Å². The molecule has 3 rings (SSSR count). The third-order valence-corrected chi connectivity index (χ3v) is 4.89. The third kappa shape index (κ3) is 4.79. The van der Waals surface area contributed by atoms with Crippen LogP contribution >= 0.6 is 11.3 Å². The smallest absolute Gasteiger partial charge is 0.237 e. The Hall–Kier alpha value is -1.92. The summed E-state index contributed by atoms with van der Waals surface area (Å²) in [5.41, 5.74) is 2.10. The van der Waals surface area contributed by atoms with Crippen LogP contribution in [0.3, 0.4) is 0 Å². The number of thiazole rings is 1. The molecule has 1 aromatic carbocycles. The van der Waals surface area contributed by atoms with Gasteiger partial charge in [-0.05, 0) is 43.9 Å². The summed E-state index contributed by atoms with van der Waals surface area (Å²) in [6.45, 7) is 3.96. The second-order valence-corrected chi connectivity index (χ2v) is 7.07. The number of carbonyl (C=O) groups is 1. The first kappa shape index (κ1) is 16.9. The summed E-state index contributed by atoms with van der Waals surface area (Å²) in [5, 5.41) is 9.37. The van der Waals surface area contributed by atoms with Gasteiger partial charge in [-0.2, -0.15) is 0 Å². The lowest BCUT2D eigenvalue weighted by Gasteiger charge is -2.15. The molecule has 0 radical (unpaired) electrons. The molecule has 6 heteroatoms. The van der Waals surface area contributed by atoms with E-state index in [1.54, 1.807) is 11.3 Å². The van der Waals surface area contributed by atoms with Crippen LogP contribution in [0.1, 0.15) is 35.5 Å². The van der Waals surface area contributed by atoms with E-state index in [4.69, 9.17) is 4.74 Å². The first-order valence-corrected chi connectivity index (χ1v) is 9.22. The predicted molar refractivity (Wildman–Crippen MR) is 95.1 cm³/mol. The summed E-state index contributed by atoms with van der Waals surface area (Å²) in [6.07, 6.45) is 3.05. The number of hydrogen-bond donors (Lipinski definition) is 2. The fourth-order valence-corrected chi connectivity index (χ4v) is 3.31. The number of ether oxygens (including phenoxy) is 1. The van der Waals surface area contributed by atoms with Crippen LogP contribution in [0.15, 0.2) is 29.6 Å². The molecule has 1 fully saturated rings. The van der Waals surface area contributed by atoms with Crippen LogP contribution in [0.4, 0.5) is 0 Å².